The molecule has 53 heavy (non-hydrogen) atoms. The molecule has 0 bridgehead atoms. The lowest BCUT2D eigenvalue weighted by Crippen LogP contribution is -2.28. The number of anilines is 6. The van der Waals surface area contributed by atoms with Crippen molar-refractivity contribution in [3.05, 3.63) is 239 Å². The van der Waals surface area contributed by atoms with Crippen molar-refractivity contribution in [1.82, 2.24) is 0 Å². The van der Waals surface area contributed by atoms with E-state index in [4.69, 9.17) is 0 Å². The first kappa shape index (κ1) is 32.7. The van der Waals surface area contributed by atoms with Gasteiger partial charge in [0, 0.05) is 38.6 Å². The molecule has 0 aromatic heterocycles. The summed E-state index contributed by atoms with van der Waals surface area (Å²) in [5, 5.41) is 0. The number of nitrogens with zero attached hydrogens (tertiary/aromatic N) is 2. The van der Waals surface area contributed by atoms with Gasteiger partial charge in [-0.1, -0.05) is 143 Å². The number of hydrogen-bond donors (Lipinski definition) is 0. The molecular formula is C49H34BrFN2. The number of hydrogen-bond acceptors (Lipinski definition) is 2. The van der Waals surface area contributed by atoms with Crippen molar-refractivity contribution in [1.29, 1.82) is 0 Å². The van der Waals surface area contributed by atoms with E-state index in [1.54, 1.807) is 0 Å². The van der Waals surface area contributed by atoms with E-state index in [-0.39, 0.29) is 5.82 Å². The van der Waals surface area contributed by atoms with Gasteiger partial charge in [0.15, 0.2) is 0 Å². The standard InChI is InChI=1S/C49H34BrFN2/c50-37-31-43(52(39-19-9-3-10-20-39)41-27-25-38(51)26-28-41)33-44(32-37)53(40-21-11-4-12-22-40)42-29-30-46-45-23-13-14-24-47(45)49(48(46)34-42,35-15-5-1-6-16-35)36-17-7-2-8-18-36/h1-34H. The van der Waals surface area contributed by atoms with E-state index >= 15 is 0 Å². The summed E-state index contributed by atoms with van der Waals surface area (Å²) in [6, 6.07) is 71.4. The predicted molar refractivity (Wildman–Crippen MR) is 221 cm³/mol. The molecule has 254 valence electrons. The van der Waals surface area contributed by atoms with E-state index < -0.39 is 5.41 Å². The zero-order valence-corrected chi connectivity index (χ0v) is 30.4. The Kier molecular flexibility index (Phi) is 8.46. The SMILES string of the molecule is Fc1ccc(N(c2ccccc2)c2cc(Br)cc(N(c3ccccc3)c3ccc4c(c3)C(c3ccccc3)(c3ccccc3)c3ccccc3-4)c2)cc1. The van der Waals surface area contributed by atoms with Crippen molar-refractivity contribution >= 4 is 50.1 Å². The predicted octanol–water partition coefficient (Wildman–Crippen LogP) is 13.9. The van der Waals surface area contributed by atoms with Crippen LogP contribution in [0.4, 0.5) is 38.5 Å². The fraction of sp³-hybridized carbons (Fsp3) is 0.0204. The highest BCUT2D eigenvalue weighted by Crippen LogP contribution is 2.57. The lowest BCUT2D eigenvalue weighted by atomic mass is 9.67. The second-order valence-corrected chi connectivity index (χ2v) is 14.2. The maximum atomic E-state index is 14.2. The highest BCUT2D eigenvalue weighted by Gasteiger charge is 2.46. The van der Waals surface area contributed by atoms with Crippen LogP contribution in [0.5, 0.6) is 0 Å². The molecule has 2 nitrogen and oxygen atoms in total. The first-order chi connectivity index (χ1) is 26.1. The van der Waals surface area contributed by atoms with Gasteiger partial charge in [0.05, 0.1) is 5.41 Å². The maximum absolute atomic E-state index is 14.2. The molecular weight excluding hydrogens is 715 g/mol. The summed E-state index contributed by atoms with van der Waals surface area (Å²) in [5.41, 5.74) is 12.7. The highest BCUT2D eigenvalue weighted by atomic mass is 79.9. The number of para-hydroxylation sites is 2. The first-order valence-corrected chi connectivity index (χ1v) is 18.5. The molecule has 0 N–H and O–H groups in total. The Hall–Kier alpha value is -6.23. The Balaban J connectivity index is 1.28. The van der Waals surface area contributed by atoms with Crippen LogP contribution < -0.4 is 9.80 Å². The molecule has 0 saturated carbocycles. The van der Waals surface area contributed by atoms with Crippen molar-refractivity contribution in [2.75, 3.05) is 9.80 Å². The first-order valence-electron chi connectivity index (χ1n) is 17.7. The van der Waals surface area contributed by atoms with E-state index in [1.807, 2.05) is 30.3 Å². The Bertz CT molecular complexity index is 2480. The van der Waals surface area contributed by atoms with E-state index in [0.29, 0.717) is 0 Å². The second-order valence-electron chi connectivity index (χ2n) is 13.2. The molecule has 0 saturated heterocycles. The van der Waals surface area contributed by atoms with E-state index in [1.165, 1.54) is 45.5 Å². The van der Waals surface area contributed by atoms with Crippen molar-refractivity contribution in [3.63, 3.8) is 0 Å². The fourth-order valence-electron chi connectivity index (χ4n) is 8.03. The molecule has 8 aromatic rings. The van der Waals surface area contributed by atoms with Gasteiger partial charge in [-0.3, -0.25) is 0 Å². The molecule has 0 fully saturated rings. The molecule has 0 spiro atoms. The van der Waals surface area contributed by atoms with Crippen LogP contribution in [-0.2, 0) is 5.41 Å². The Labute approximate surface area is 318 Å². The summed E-state index contributed by atoms with van der Waals surface area (Å²) in [7, 11) is 0. The molecule has 1 aliphatic rings. The lowest BCUT2D eigenvalue weighted by molar-refractivity contribution is 0.628. The summed E-state index contributed by atoms with van der Waals surface area (Å²) < 4.78 is 15.1. The summed E-state index contributed by atoms with van der Waals surface area (Å²) in [4.78, 5) is 4.48. The van der Waals surface area contributed by atoms with Gasteiger partial charge in [-0.2, -0.15) is 0 Å². The molecule has 4 heteroatoms. The third-order valence-corrected chi connectivity index (χ3v) is 10.7. The third kappa shape index (κ3) is 5.72. The molecule has 0 aliphatic heterocycles. The monoisotopic (exact) mass is 748 g/mol. The van der Waals surface area contributed by atoms with Crippen molar-refractivity contribution in [2.45, 2.75) is 5.41 Å². The zero-order chi connectivity index (χ0) is 35.8. The lowest BCUT2D eigenvalue weighted by Gasteiger charge is -2.35. The quantitative estimate of drug-likeness (QED) is 0.153. The molecule has 8 aromatic carbocycles. The van der Waals surface area contributed by atoms with Crippen LogP contribution in [-0.4, -0.2) is 0 Å². The van der Waals surface area contributed by atoms with E-state index in [9.17, 15) is 4.39 Å². The molecule has 9 rings (SSSR count). The average molecular weight is 750 g/mol. The minimum atomic E-state index is -0.526. The Morgan fingerprint density at radius 1 is 0.358 bits per heavy atom. The molecule has 0 heterocycles. The van der Waals surface area contributed by atoms with Gasteiger partial charge in [-0.15, -0.1) is 0 Å². The largest absolute Gasteiger partial charge is 0.310 e. The second kappa shape index (κ2) is 13.7. The van der Waals surface area contributed by atoms with Crippen molar-refractivity contribution < 1.29 is 4.39 Å². The average Bonchev–Trinajstić information content (AvgIpc) is 3.51. The van der Waals surface area contributed by atoms with Gasteiger partial charge >= 0.3 is 0 Å². The number of rotatable bonds is 8. The Morgan fingerprint density at radius 3 is 1.36 bits per heavy atom. The molecule has 0 atom stereocenters. The highest BCUT2D eigenvalue weighted by molar-refractivity contribution is 9.10. The minimum absolute atomic E-state index is 0.271. The molecule has 0 radical (unpaired) electrons. The maximum Gasteiger partial charge on any atom is 0.123 e. The van der Waals surface area contributed by atoms with Crippen LogP contribution in [0, 0.1) is 5.82 Å². The fourth-order valence-corrected chi connectivity index (χ4v) is 8.50. The van der Waals surface area contributed by atoms with Crippen LogP contribution in [0.2, 0.25) is 0 Å². The number of halogens is 2. The minimum Gasteiger partial charge on any atom is -0.310 e. The van der Waals surface area contributed by atoms with Gasteiger partial charge in [-0.05, 0) is 112 Å². The smallest absolute Gasteiger partial charge is 0.123 e. The number of fused-ring (bicyclic) bond motifs is 3. The van der Waals surface area contributed by atoms with Crippen LogP contribution in [0.3, 0.4) is 0 Å². The van der Waals surface area contributed by atoms with Gasteiger partial charge in [0.1, 0.15) is 5.82 Å². The van der Waals surface area contributed by atoms with E-state index in [2.05, 4.69) is 190 Å². The summed E-state index contributed by atoms with van der Waals surface area (Å²) >= 11 is 3.89. The third-order valence-electron chi connectivity index (χ3n) is 10.2. The zero-order valence-electron chi connectivity index (χ0n) is 28.8. The summed E-state index contributed by atoms with van der Waals surface area (Å²) in [5.74, 6) is -0.271. The van der Waals surface area contributed by atoms with Gasteiger partial charge < -0.3 is 9.80 Å². The van der Waals surface area contributed by atoms with Crippen LogP contribution in [0.25, 0.3) is 11.1 Å². The normalized spacial score (nSPS) is 12.5. The molecule has 0 amide bonds. The van der Waals surface area contributed by atoms with Crippen molar-refractivity contribution in [2.24, 2.45) is 0 Å². The Morgan fingerprint density at radius 2 is 0.792 bits per heavy atom. The van der Waals surface area contributed by atoms with Crippen LogP contribution in [0.15, 0.2) is 211 Å². The molecule has 1 aliphatic carbocycles. The van der Waals surface area contributed by atoms with Crippen LogP contribution >= 0.6 is 15.9 Å². The molecule has 0 unspecified atom stereocenters. The number of benzene rings is 8. The summed E-state index contributed by atoms with van der Waals surface area (Å²) in [6.45, 7) is 0. The van der Waals surface area contributed by atoms with Crippen molar-refractivity contribution in [3.8, 4) is 11.1 Å². The van der Waals surface area contributed by atoms with Gasteiger partial charge in [0.2, 0.25) is 0 Å². The summed E-state index contributed by atoms with van der Waals surface area (Å²) in [6.07, 6.45) is 0. The van der Waals surface area contributed by atoms with E-state index in [0.717, 1.165) is 38.6 Å². The van der Waals surface area contributed by atoms with Gasteiger partial charge in [-0.25, -0.2) is 4.39 Å². The topological polar surface area (TPSA) is 6.48 Å². The van der Waals surface area contributed by atoms with Gasteiger partial charge in [0.25, 0.3) is 0 Å². The van der Waals surface area contributed by atoms with Crippen LogP contribution in [0.1, 0.15) is 22.3 Å².